The molecule has 2 aromatic rings. The van der Waals surface area contributed by atoms with E-state index in [4.69, 9.17) is 27.9 Å². The summed E-state index contributed by atoms with van der Waals surface area (Å²) in [6, 6.07) is 7.78. The van der Waals surface area contributed by atoms with Crippen LogP contribution in [0.25, 0.3) is 0 Å². The molecule has 1 heterocycles. The number of ether oxygens (including phenoxy) is 1. The second-order valence-corrected chi connectivity index (χ2v) is 5.95. The van der Waals surface area contributed by atoms with Gasteiger partial charge in [0.25, 0.3) is 0 Å². The minimum atomic E-state index is 0.342. The highest BCUT2D eigenvalue weighted by atomic mass is 35.5. The van der Waals surface area contributed by atoms with Crippen LogP contribution in [0.15, 0.2) is 24.3 Å². The van der Waals surface area contributed by atoms with Crippen molar-refractivity contribution < 1.29 is 4.74 Å². The van der Waals surface area contributed by atoms with Crippen LogP contribution in [0.2, 0.25) is 10.0 Å². The summed E-state index contributed by atoms with van der Waals surface area (Å²) < 4.78 is 5.89. The van der Waals surface area contributed by atoms with E-state index in [1.807, 2.05) is 19.1 Å². The summed E-state index contributed by atoms with van der Waals surface area (Å²) in [4.78, 5) is 4.30. The maximum atomic E-state index is 6.16. The summed E-state index contributed by atoms with van der Waals surface area (Å²) in [5.41, 5.74) is 2.23. The zero-order valence-corrected chi connectivity index (χ0v) is 14.0. The molecule has 1 N–H and O–H groups in total. The lowest BCUT2D eigenvalue weighted by Crippen LogP contribution is -1.98. The molecule has 3 nitrogen and oxygen atoms in total. The molecule has 0 saturated heterocycles. The number of nitrogens with one attached hydrogen (secondary N) is 1. The van der Waals surface area contributed by atoms with E-state index < -0.39 is 0 Å². The topological polar surface area (TPSA) is 34.2 Å². The molecule has 0 aliphatic heterocycles. The van der Waals surface area contributed by atoms with Crippen LogP contribution in [0.1, 0.15) is 30.9 Å². The largest absolute Gasteiger partial charge is 0.437 e. The summed E-state index contributed by atoms with van der Waals surface area (Å²) >= 11 is 12.2. The van der Waals surface area contributed by atoms with Gasteiger partial charge in [-0.15, -0.1) is 0 Å². The Balaban J connectivity index is 2.40. The Bertz CT molecular complexity index is 657. The summed E-state index contributed by atoms with van der Waals surface area (Å²) in [6.45, 7) is 6.27. The average Bonchev–Trinajstić information content (AvgIpc) is 2.43. The Morgan fingerprint density at radius 2 is 1.86 bits per heavy atom. The van der Waals surface area contributed by atoms with Crippen LogP contribution in [-0.4, -0.2) is 12.0 Å². The summed E-state index contributed by atoms with van der Waals surface area (Å²) in [7, 11) is 1.75. The normalized spacial score (nSPS) is 10.8. The second kappa shape index (κ2) is 6.54. The molecule has 0 spiro atoms. The van der Waals surface area contributed by atoms with Crippen LogP contribution in [-0.2, 0) is 0 Å². The van der Waals surface area contributed by atoms with Crippen LogP contribution < -0.4 is 10.1 Å². The van der Waals surface area contributed by atoms with Crippen LogP contribution in [0, 0.1) is 6.92 Å². The van der Waals surface area contributed by atoms with Crippen LogP contribution in [0.4, 0.5) is 5.82 Å². The molecule has 0 unspecified atom stereocenters. The number of hydrogen-bond donors (Lipinski definition) is 1. The Kier molecular flexibility index (Phi) is 4.96. The lowest BCUT2D eigenvalue weighted by Gasteiger charge is -2.14. The number of nitrogens with zero attached hydrogens (tertiary/aromatic N) is 1. The molecule has 21 heavy (non-hydrogen) atoms. The minimum Gasteiger partial charge on any atom is -0.437 e. The predicted octanol–water partition coefficient (Wildman–Crippen LogP) is 5.65. The number of pyridine rings is 1. The molecular weight excluding hydrogens is 307 g/mol. The molecule has 0 amide bonds. The van der Waals surface area contributed by atoms with Crippen molar-refractivity contribution in [2.24, 2.45) is 0 Å². The summed E-state index contributed by atoms with van der Waals surface area (Å²) in [5, 5.41) is 3.75. The third-order valence-electron chi connectivity index (χ3n) is 3.22. The molecule has 0 fully saturated rings. The number of aryl methyl sites for hydroxylation is 1. The van der Waals surface area contributed by atoms with E-state index in [2.05, 4.69) is 30.2 Å². The van der Waals surface area contributed by atoms with Crippen LogP contribution in [0.5, 0.6) is 11.6 Å². The molecule has 112 valence electrons. The van der Waals surface area contributed by atoms with Gasteiger partial charge in [-0.25, -0.2) is 0 Å². The Hall–Kier alpha value is -1.45. The number of aromatic nitrogens is 1. The maximum Gasteiger partial charge on any atom is 0.240 e. The van der Waals surface area contributed by atoms with Gasteiger partial charge in [0.2, 0.25) is 5.88 Å². The van der Waals surface area contributed by atoms with Gasteiger partial charge >= 0.3 is 0 Å². The molecule has 0 bridgehead atoms. The third-order valence-corrected chi connectivity index (χ3v) is 3.78. The van der Waals surface area contributed by atoms with E-state index in [0.29, 0.717) is 27.7 Å². The van der Waals surface area contributed by atoms with Gasteiger partial charge in [-0.05, 0) is 36.1 Å². The molecule has 0 saturated carbocycles. The number of rotatable bonds is 4. The Morgan fingerprint density at radius 3 is 2.48 bits per heavy atom. The van der Waals surface area contributed by atoms with Crippen molar-refractivity contribution in [1.82, 2.24) is 4.98 Å². The number of anilines is 1. The van der Waals surface area contributed by atoms with Gasteiger partial charge in [0.15, 0.2) is 0 Å². The van der Waals surface area contributed by atoms with E-state index in [9.17, 15) is 0 Å². The monoisotopic (exact) mass is 324 g/mol. The molecule has 0 aliphatic rings. The maximum absolute atomic E-state index is 6.16. The molecule has 0 aliphatic carbocycles. The Morgan fingerprint density at radius 1 is 1.14 bits per heavy atom. The van der Waals surface area contributed by atoms with Gasteiger partial charge in [-0.3, -0.25) is 0 Å². The fraction of sp³-hybridized carbons (Fsp3) is 0.312. The molecule has 2 rings (SSSR count). The highest BCUT2D eigenvalue weighted by molar-refractivity contribution is 6.36. The van der Waals surface area contributed by atoms with Gasteiger partial charge in [-0.2, -0.15) is 4.98 Å². The van der Waals surface area contributed by atoms with Gasteiger partial charge in [-0.1, -0.05) is 49.2 Å². The van der Waals surface area contributed by atoms with Gasteiger partial charge in [0.1, 0.15) is 16.6 Å². The highest BCUT2D eigenvalue weighted by Crippen LogP contribution is 2.35. The van der Waals surface area contributed by atoms with E-state index in [1.54, 1.807) is 13.1 Å². The lowest BCUT2D eigenvalue weighted by molar-refractivity contribution is 0.459. The first-order valence-electron chi connectivity index (χ1n) is 6.74. The van der Waals surface area contributed by atoms with Crippen LogP contribution in [0.3, 0.4) is 0 Å². The molecule has 1 aromatic heterocycles. The fourth-order valence-electron chi connectivity index (χ4n) is 1.89. The summed E-state index contributed by atoms with van der Waals surface area (Å²) in [6.07, 6.45) is 0. The average molecular weight is 325 g/mol. The molecule has 1 aromatic carbocycles. The lowest BCUT2D eigenvalue weighted by atomic mass is 10.0. The number of benzene rings is 1. The van der Waals surface area contributed by atoms with E-state index in [-0.39, 0.29) is 0 Å². The fourth-order valence-corrected chi connectivity index (χ4v) is 2.38. The number of halogens is 2. The molecule has 0 radical (unpaired) electrons. The van der Waals surface area contributed by atoms with Crippen molar-refractivity contribution in [1.29, 1.82) is 0 Å². The van der Waals surface area contributed by atoms with E-state index >= 15 is 0 Å². The third kappa shape index (κ3) is 3.60. The quantitative estimate of drug-likeness (QED) is 0.788. The van der Waals surface area contributed by atoms with Crippen molar-refractivity contribution >= 4 is 29.0 Å². The first-order valence-corrected chi connectivity index (χ1v) is 7.50. The van der Waals surface area contributed by atoms with Gasteiger partial charge in [0.05, 0.1) is 5.02 Å². The zero-order chi connectivity index (χ0) is 15.6. The highest BCUT2D eigenvalue weighted by Gasteiger charge is 2.12. The smallest absolute Gasteiger partial charge is 0.240 e. The SMILES string of the molecule is CNc1nc(Oc2cc(C(C)C)ccc2C)c(Cl)cc1Cl. The van der Waals surface area contributed by atoms with Gasteiger partial charge in [0, 0.05) is 7.05 Å². The Labute approximate surface area is 135 Å². The van der Waals surface area contributed by atoms with Crippen molar-refractivity contribution in [3.8, 4) is 11.6 Å². The summed E-state index contributed by atoms with van der Waals surface area (Å²) in [5.74, 6) is 2.05. The first-order chi connectivity index (χ1) is 9.92. The van der Waals surface area contributed by atoms with Crippen molar-refractivity contribution in [3.05, 3.63) is 45.4 Å². The standard InChI is InChI=1S/C16H18Cl2N2O/c1-9(2)11-6-5-10(3)14(7-11)21-16-13(18)8-12(17)15(19-4)20-16/h5-9H,1-4H3,(H,19,20). The molecule has 5 heteroatoms. The van der Waals surface area contributed by atoms with Crippen molar-refractivity contribution in [3.63, 3.8) is 0 Å². The number of hydrogen-bond acceptors (Lipinski definition) is 3. The first kappa shape index (κ1) is 15.9. The van der Waals surface area contributed by atoms with E-state index in [0.717, 1.165) is 11.3 Å². The van der Waals surface area contributed by atoms with Crippen molar-refractivity contribution in [2.45, 2.75) is 26.7 Å². The zero-order valence-electron chi connectivity index (χ0n) is 12.5. The van der Waals surface area contributed by atoms with E-state index in [1.165, 1.54) is 5.56 Å². The molecular formula is C16H18Cl2N2O. The minimum absolute atomic E-state index is 0.342. The van der Waals surface area contributed by atoms with Crippen LogP contribution >= 0.6 is 23.2 Å². The second-order valence-electron chi connectivity index (χ2n) is 5.14. The predicted molar refractivity (Wildman–Crippen MR) is 89.1 cm³/mol. The van der Waals surface area contributed by atoms with Crippen molar-refractivity contribution in [2.75, 3.05) is 12.4 Å². The van der Waals surface area contributed by atoms with Gasteiger partial charge < -0.3 is 10.1 Å². The molecule has 0 atom stereocenters.